The Morgan fingerprint density at radius 1 is 0.567 bits per heavy atom. The van der Waals surface area contributed by atoms with E-state index in [1.54, 1.807) is 0 Å². The molecule has 3 aromatic rings. The summed E-state index contributed by atoms with van der Waals surface area (Å²) in [5.41, 5.74) is 8.29. The van der Waals surface area contributed by atoms with E-state index in [9.17, 15) is 0 Å². The summed E-state index contributed by atoms with van der Waals surface area (Å²) in [4.78, 5) is 13.9. The first kappa shape index (κ1) is 30.6. The molecular weight excluding hydrogens is 476 g/mol. The maximum absolute atomic E-state index is 4.63. The van der Waals surface area contributed by atoms with Crippen molar-refractivity contribution in [3.63, 3.8) is 0 Å². The number of aromatic nitrogens is 1. The van der Waals surface area contributed by atoms with Crippen LogP contribution in [0.5, 0.6) is 0 Å². The van der Waals surface area contributed by atoms with Gasteiger partial charge in [0.15, 0.2) is 0 Å². The summed E-state index contributed by atoms with van der Waals surface area (Å²) in [6.07, 6.45) is 3.62. The van der Waals surface area contributed by atoms with E-state index in [4.69, 9.17) is 0 Å². The second-order valence-corrected chi connectivity index (χ2v) is 6.48. The summed E-state index contributed by atoms with van der Waals surface area (Å²) in [7, 11) is 0. The minimum atomic E-state index is 0. The van der Waals surface area contributed by atoms with Gasteiger partial charge in [0.25, 0.3) is 0 Å². The quantitative estimate of drug-likeness (QED) is 0.350. The van der Waals surface area contributed by atoms with Crippen LogP contribution in [0.2, 0.25) is 0 Å². The third-order valence-electron chi connectivity index (χ3n) is 4.32. The molecule has 0 bridgehead atoms. The molecule has 0 atom stereocenters. The van der Waals surface area contributed by atoms with Crippen LogP contribution in [-0.2, 0) is 18.6 Å². The van der Waals surface area contributed by atoms with E-state index in [2.05, 4.69) is 66.9 Å². The van der Waals surface area contributed by atoms with Gasteiger partial charge in [-0.25, -0.2) is 4.98 Å². The van der Waals surface area contributed by atoms with Crippen LogP contribution in [0.15, 0.2) is 64.6 Å². The molecule has 0 aliphatic heterocycles. The van der Waals surface area contributed by atoms with Gasteiger partial charge >= 0.3 is 0 Å². The Morgan fingerprint density at radius 2 is 0.867 bits per heavy atom. The molecule has 0 spiro atoms. The van der Waals surface area contributed by atoms with E-state index in [0.29, 0.717) is 0 Å². The van der Waals surface area contributed by atoms with Gasteiger partial charge in [0.05, 0.1) is 35.2 Å². The topological polar surface area (TPSA) is 37.6 Å². The fourth-order valence-corrected chi connectivity index (χ4v) is 2.89. The fourth-order valence-electron chi connectivity index (χ4n) is 2.89. The summed E-state index contributed by atoms with van der Waals surface area (Å²) in [5.74, 6) is 0. The number of hydrogen-bond acceptors (Lipinski definition) is 3. The molecule has 1 heterocycles. The molecule has 159 valence electrons. The van der Waals surface area contributed by atoms with Gasteiger partial charge in [0, 0.05) is 18.6 Å². The molecule has 0 amide bonds. The van der Waals surface area contributed by atoms with Crippen molar-refractivity contribution in [3.05, 3.63) is 88.2 Å². The Kier molecular flexibility index (Phi) is 14.7. The molecule has 3 rings (SSSR count). The molecule has 1 aromatic heterocycles. The summed E-state index contributed by atoms with van der Waals surface area (Å²) in [5, 5.41) is 0. The molecule has 30 heavy (non-hydrogen) atoms. The van der Waals surface area contributed by atoms with Crippen molar-refractivity contribution in [2.45, 2.75) is 27.7 Å². The third-order valence-corrected chi connectivity index (χ3v) is 4.32. The number of hydrogen-bond donors (Lipinski definition) is 0. The molecule has 0 unspecified atom stereocenters. The van der Waals surface area contributed by atoms with Gasteiger partial charge in [-0.2, -0.15) is 0 Å². The molecule has 0 saturated carbocycles. The smallest absolute Gasteiger partial charge is 0.0820 e. The summed E-state index contributed by atoms with van der Waals surface area (Å²) < 4.78 is 0. The average molecular weight is 499 g/mol. The van der Waals surface area contributed by atoms with Crippen molar-refractivity contribution >= 4 is 23.8 Å². The molecule has 0 saturated heterocycles. The van der Waals surface area contributed by atoms with Gasteiger partial charge in [0.2, 0.25) is 0 Å². The Morgan fingerprint density at radius 3 is 1.20 bits per heavy atom. The van der Waals surface area contributed by atoms with E-state index < -0.39 is 0 Å². The van der Waals surface area contributed by atoms with Crippen LogP contribution in [0.25, 0.3) is 0 Å². The van der Waals surface area contributed by atoms with Crippen LogP contribution in [0.1, 0.15) is 33.6 Å². The predicted octanol–water partition coefficient (Wildman–Crippen LogP) is -3.17. The van der Waals surface area contributed by atoms with Gasteiger partial charge in [-0.05, 0) is 62.1 Å². The van der Waals surface area contributed by atoms with Gasteiger partial charge < -0.3 is 37.2 Å². The van der Waals surface area contributed by atoms with Crippen LogP contribution in [0.3, 0.4) is 0 Å². The zero-order valence-corrected chi connectivity index (χ0v) is 20.9. The normalized spacial score (nSPS) is 10.0. The predicted molar refractivity (Wildman–Crippen MR) is 111 cm³/mol. The zero-order valence-electron chi connectivity index (χ0n) is 17.3. The van der Waals surface area contributed by atoms with Gasteiger partial charge in [-0.3, -0.25) is 9.98 Å². The second-order valence-electron chi connectivity index (χ2n) is 6.48. The van der Waals surface area contributed by atoms with E-state index in [0.717, 1.165) is 45.0 Å². The Bertz CT molecular complexity index is 887. The molecule has 7 heteroatoms. The van der Waals surface area contributed by atoms with E-state index >= 15 is 0 Å². The number of rotatable bonds is 4. The fraction of sp³-hybridized carbons (Fsp3) is 0.174. The number of halogens is 3. The maximum Gasteiger partial charge on any atom is 0.0820 e. The molecule has 0 aliphatic carbocycles. The molecule has 0 N–H and O–H groups in total. The van der Waals surface area contributed by atoms with Gasteiger partial charge in [-0.15, -0.1) is 0 Å². The summed E-state index contributed by atoms with van der Waals surface area (Å²) in [6, 6.07) is 18.3. The van der Waals surface area contributed by atoms with Crippen molar-refractivity contribution in [3.8, 4) is 0 Å². The maximum atomic E-state index is 4.63. The second kappa shape index (κ2) is 14.4. The van der Waals surface area contributed by atoms with Crippen molar-refractivity contribution in [1.29, 1.82) is 0 Å². The van der Waals surface area contributed by atoms with E-state index in [-0.39, 0.29) is 55.8 Å². The van der Waals surface area contributed by atoms with Crippen molar-refractivity contribution in [2.75, 3.05) is 0 Å². The van der Waals surface area contributed by atoms with Gasteiger partial charge in [-0.1, -0.05) is 42.5 Å². The number of aliphatic imine (C=N–C) groups is 2. The van der Waals surface area contributed by atoms with Crippen LogP contribution in [0, 0.1) is 27.7 Å². The molecule has 2 aromatic carbocycles. The largest absolute Gasteiger partial charge is 1.00 e. The van der Waals surface area contributed by atoms with Crippen LogP contribution >= 0.6 is 0 Å². The van der Waals surface area contributed by atoms with E-state index in [1.165, 1.54) is 0 Å². The first-order chi connectivity index (χ1) is 12.5. The van der Waals surface area contributed by atoms with Gasteiger partial charge in [0.1, 0.15) is 0 Å². The minimum Gasteiger partial charge on any atom is -1.00 e. The third kappa shape index (κ3) is 7.90. The number of pyridine rings is 1. The molecule has 3 nitrogen and oxygen atoms in total. The van der Waals surface area contributed by atoms with Crippen molar-refractivity contribution < 1.29 is 55.8 Å². The number of nitrogens with zero attached hydrogens (tertiary/aromatic N) is 3. The molecule has 0 aliphatic rings. The average Bonchev–Trinajstić information content (AvgIpc) is 2.61. The van der Waals surface area contributed by atoms with Crippen molar-refractivity contribution in [1.82, 2.24) is 4.98 Å². The number of aryl methyl sites for hydroxylation is 4. The molecular formula is C23H23Cl3N3V-3. The standard InChI is InChI=1S/C23H23N3.3ClH.V/c1-16-8-5-9-17(2)22(16)24-14-20-12-7-13-21(26-20)15-25-23-18(3)10-6-11-19(23)4;;;;/h5-15H,1-4H3;3*1H;/p-3. The van der Waals surface area contributed by atoms with Crippen LogP contribution in [0.4, 0.5) is 11.4 Å². The molecule has 1 radical (unpaired) electrons. The monoisotopic (exact) mass is 497 g/mol. The van der Waals surface area contributed by atoms with Crippen LogP contribution in [-0.4, -0.2) is 17.4 Å². The summed E-state index contributed by atoms with van der Waals surface area (Å²) >= 11 is 0. The number of para-hydroxylation sites is 2. The van der Waals surface area contributed by atoms with E-state index in [1.807, 2.05) is 42.8 Å². The molecule has 0 fully saturated rings. The Hall–Kier alpha value is -1.62. The summed E-state index contributed by atoms with van der Waals surface area (Å²) in [6.45, 7) is 8.28. The van der Waals surface area contributed by atoms with Crippen molar-refractivity contribution in [2.24, 2.45) is 9.98 Å². The Labute approximate surface area is 209 Å². The van der Waals surface area contributed by atoms with Crippen LogP contribution < -0.4 is 37.2 Å². The minimum absolute atomic E-state index is 0. The SMILES string of the molecule is Cc1cccc(C)c1N=Cc1cccc(C=Nc2c(C)cccc2C)n1.[Cl-].[Cl-].[Cl-].[V]. The number of benzene rings is 2. The first-order valence-electron chi connectivity index (χ1n) is 8.72. The first-order valence-corrected chi connectivity index (χ1v) is 8.72. The Balaban J connectivity index is 0. The zero-order chi connectivity index (χ0) is 18.5.